The molecular weight excluding hydrogens is 438 g/mol. The molecule has 0 spiro atoms. The lowest BCUT2D eigenvalue weighted by Gasteiger charge is -2.21. The normalized spacial score (nSPS) is 12.5. The number of sulfonamides is 1. The second-order valence-electron chi connectivity index (χ2n) is 6.77. The number of hydrogen-bond donors (Lipinski definition) is 1. The first-order chi connectivity index (χ1) is 13.9. The van der Waals surface area contributed by atoms with Crippen LogP contribution in [-0.2, 0) is 26.4 Å². The predicted octanol–water partition coefficient (Wildman–Crippen LogP) is 2.64. The summed E-state index contributed by atoms with van der Waals surface area (Å²) >= 11 is 0. The molecule has 0 saturated carbocycles. The van der Waals surface area contributed by atoms with Gasteiger partial charge in [0.1, 0.15) is 0 Å². The van der Waals surface area contributed by atoms with Crippen LogP contribution in [0.2, 0.25) is 0 Å². The molecule has 1 amide bonds. The minimum absolute atomic E-state index is 0.0935. The zero-order chi connectivity index (χ0) is 22.7. The Balaban J connectivity index is 2.05. The van der Waals surface area contributed by atoms with Gasteiger partial charge in [-0.05, 0) is 55.8 Å². The fourth-order valence-electron chi connectivity index (χ4n) is 2.41. The zero-order valence-corrected chi connectivity index (χ0v) is 18.2. The number of carbonyl (C=O) groups is 1. The van der Waals surface area contributed by atoms with Gasteiger partial charge in [-0.25, -0.2) is 16.8 Å². The van der Waals surface area contributed by atoms with Gasteiger partial charge in [-0.1, -0.05) is 12.1 Å². The van der Waals surface area contributed by atoms with Crippen LogP contribution in [0.1, 0.15) is 29.8 Å². The number of carbonyl (C=O) groups excluding carboxylic acids is 1. The first kappa shape index (κ1) is 23.9. The van der Waals surface area contributed by atoms with Crippen molar-refractivity contribution in [3.8, 4) is 0 Å². The summed E-state index contributed by atoms with van der Waals surface area (Å²) in [4.78, 5) is 11.7. The van der Waals surface area contributed by atoms with Gasteiger partial charge in [0.05, 0.1) is 9.79 Å². The molecule has 0 atom stereocenters. The molecule has 0 unspecified atom stereocenters. The van der Waals surface area contributed by atoms with Crippen molar-refractivity contribution in [3.63, 3.8) is 0 Å². The molecule has 2 aromatic rings. The molecule has 0 heterocycles. The van der Waals surface area contributed by atoms with E-state index in [9.17, 15) is 30.4 Å². The molecule has 0 fully saturated rings. The van der Waals surface area contributed by atoms with Crippen molar-refractivity contribution in [1.82, 2.24) is 9.62 Å². The molecule has 0 aliphatic carbocycles. The highest BCUT2D eigenvalue weighted by atomic mass is 32.2. The molecule has 0 bridgehead atoms. The van der Waals surface area contributed by atoms with Crippen LogP contribution in [-0.4, -0.2) is 45.9 Å². The zero-order valence-electron chi connectivity index (χ0n) is 16.5. The van der Waals surface area contributed by atoms with E-state index in [2.05, 4.69) is 5.32 Å². The smallest absolute Gasteiger partial charge is 0.341 e. The summed E-state index contributed by atoms with van der Waals surface area (Å²) in [6, 6.07) is 10.0. The lowest BCUT2D eigenvalue weighted by molar-refractivity contribution is 0.0950. The number of benzene rings is 2. The fourth-order valence-corrected chi connectivity index (χ4v) is 4.50. The molecule has 0 radical (unpaired) electrons. The summed E-state index contributed by atoms with van der Waals surface area (Å²) in [6.45, 7) is 3.62. The molecular formula is C19H22F2N2O5S2. The largest absolute Gasteiger partial charge is 0.348 e. The Labute approximate surface area is 174 Å². The van der Waals surface area contributed by atoms with Crippen LogP contribution >= 0.6 is 0 Å². The van der Waals surface area contributed by atoms with Gasteiger partial charge < -0.3 is 5.32 Å². The molecule has 2 aromatic carbocycles. The second kappa shape index (κ2) is 9.19. The topological polar surface area (TPSA) is 101 Å². The van der Waals surface area contributed by atoms with Gasteiger partial charge in [0.15, 0.2) is 0 Å². The molecule has 0 saturated heterocycles. The van der Waals surface area contributed by atoms with E-state index in [0.29, 0.717) is 5.56 Å². The van der Waals surface area contributed by atoms with Gasteiger partial charge in [-0.2, -0.15) is 13.1 Å². The molecule has 0 aliphatic heterocycles. The third-order valence-electron chi connectivity index (χ3n) is 4.46. The highest BCUT2D eigenvalue weighted by molar-refractivity contribution is 7.91. The maximum absolute atomic E-state index is 12.5. The number of sulfone groups is 1. The van der Waals surface area contributed by atoms with Crippen molar-refractivity contribution >= 4 is 25.8 Å². The van der Waals surface area contributed by atoms with Crippen LogP contribution in [0.25, 0.3) is 0 Å². The second-order valence-corrected chi connectivity index (χ2v) is 10.7. The molecule has 7 nitrogen and oxygen atoms in total. The lowest BCUT2D eigenvalue weighted by atomic mass is 10.2. The summed E-state index contributed by atoms with van der Waals surface area (Å²) in [5, 5.41) is 2.60. The van der Waals surface area contributed by atoms with Crippen molar-refractivity contribution in [2.24, 2.45) is 0 Å². The van der Waals surface area contributed by atoms with E-state index in [1.165, 1.54) is 23.5 Å². The monoisotopic (exact) mass is 460 g/mol. The van der Waals surface area contributed by atoms with Crippen LogP contribution in [0.3, 0.4) is 0 Å². The third kappa shape index (κ3) is 5.21. The van der Waals surface area contributed by atoms with E-state index in [4.69, 9.17) is 0 Å². The Morgan fingerprint density at radius 1 is 0.933 bits per heavy atom. The minimum Gasteiger partial charge on any atom is -0.348 e. The maximum atomic E-state index is 12.5. The molecule has 164 valence electrons. The number of alkyl halides is 2. The Morgan fingerprint density at radius 3 is 1.90 bits per heavy atom. The highest BCUT2D eigenvalue weighted by Crippen LogP contribution is 2.19. The van der Waals surface area contributed by atoms with E-state index >= 15 is 0 Å². The molecule has 30 heavy (non-hydrogen) atoms. The third-order valence-corrected chi connectivity index (χ3v) is 7.91. The summed E-state index contributed by atoms with van der Waals surface area (Å²) in [7, 11) is -6.84. The molecule has 0 aliphatic rings. The maximum Gasteiger partial charge on any atom is 0.341 e. The Morgan fingerprint density at radius 2 is 1.43 bits per heavy atom. The quantitative estimate of drug-likeness (QED) is 0.653. The highest BCUT2D eigenvalue weighted by Gasteiger charge is 2.26. The van der Waals surface area contributed by atoms with Gasteiger partial charge >= 0.3 is 5.76 Å². The van der Waals surface area contributed by atoms with Crippen molar-refractivity contribution in [2.75, 3.05) is 7.05 Å². The molecule has 1 N–H and O–H groups in total. The molecule has 0 aromatic heterocycles. The van der Waals surface area contributed by atoms with Gasteiger partial charge in [0, 0.05) is 25.2 Å². The average molecular weight is 461 g/mol. The first-order valence-electron chi connectivity index (χ1n) is 8.84. The average Bonchev–Trinajstić information content (AvgIpc) is 2.71. The van der Waals surface area contributed by atoms with Gasteiger partial charge in [-0.15, -0.1) is 0 Å². The summed E-state index contributed by atoms with van der Waals surface area (Å²) < 4.78 is 74.0. The molecule has 11 heteroatoms. The first-order valence-corrected chi connectivity index (χ1v) is 11.8. The van der Waals surface area contributed by atoms with Gasteiger partial charge in [-0.3, -0.25) is 4.79 Å². The Bertz CT molecular complexity index is 1100. The van der Waals surface area contributed by atoms with Gasteiger partial charge in [0.25, 0.3) is 5.91 Å². The van der Waals surface area contributed by atoms with Crippen molar-refractivity contribution in [3.05, 3.63) is 59.7 Å². The van der Waals surface area contributed by atoms with Crippen molar-refractivity contribution in [2.45, 2.75) is 42.0 Å². The number of nitrogens with zero attached hydrogens (tertiary/aromatic N) is 1. The summed E-state index contributed by atoms with van der Waals surface area (Å²) in [5.41, 5.74) is 0.743. The molecule has 2 rings (SSSR count). The van der Waals surface area contributed by atoms with Crippen LogP contribution in [0.5, 0.6) is 0 Å². The summed E-state index contributed by atoms with van der Waals surface area (Å²) in [5.74, 6) is -4.07. The Hall–Kier alpha value is -2.37. The van der Waals surface area contributed by atoms with E-state index in [-0.39, 0.29) is 23.0 Å². The number of halogens is 2. The van der Waals surface area contributed by atoms with Crippen LogP contribution in [0.15, 0.2) is 58.3 Å². The lowest BCUT2D eigenvalue weighted by Crippen LogP contribution is -2.33. The van der Waals surface area contributed by atoms with Crippen LogP contribution in [0.4, 0.5) is 8.78 Å². The van der Waals surface area contributed by atoms with Crippen molar-refractivity contribution in [1.29, 1.82) is 0 Å². The number of hydrogen-bond acceptors (Lipinski definition) is 5. The standard InChI is InChI=1S/C19H22F2N2O5S2/c1-13(2)23(3)30(27,28)17-8-4-14(5-9-17)12-22-18(24)15-6-10-16(11-7-15)29(25,26)19(20)21/h4-11,13,19H,12H2,1-3H3,(H,22,24). The van der Waals surface area contributed by atoms with Crippen LogP contribution in [0, 0.1) is 0 Å². The van der Waals surface area contributed by atoms with E-state index < -0.39 is 36.4 Å². The Kier molecular flexibility index (Phi) is 7.32. The van der Waals surface area contributed by atoms with E-state index in [1.807, 2.05) is 0 Å². The van der Waals surface area contributed by atoms with E-state index in [1.54, 1.807) is 26.0 Å². The predicted molar refractivity (Wildman–Crippen MR) is 107 cm³/mol. The van der Waals surface area contributed by atoms with Gasteiger partial charge in [0.2, 0.25) is 19.9 Å². The number of nitrogens with one attached hydrogen (secondary N) is 1. The SMILES string of the molecule is CC(C)N(C)S(=O)(=O)c1ccc(CNC(=O)c2ccc(S(=O)(=O)C(F)F)cc2)cc1. The fraction of sp³-hybridized carbons (Fsp3) is 0.316. The minimum atomic E-state index is -4.72. The van der Waals surface area contributed by atoms with Crippen LogP contribution < -0.4 is 5.32 Å². The van der Waals surface area contributed by atoms with Crippen molar-refractivity contribution < 1.29 is 30.4 Å². The number of rotatable bonds is 8. The van der Waals surface area contributed by atoms with E-state index in [0.717, 1.165) is 24.3 Å². The summed E-state index contributed by atoms with van der Waals surface area (Å²) in [6.07, 6.45) is 0. The number of amides is 1.